The van der Waals surface area contributed by atoms with E-state index >= 15 is 0 Å². The summed E-state index contributed by atoms with van der Waals surface area (Å²) in [7, 11) is 0. The van der Waals surface area contributed by atoms with Crippen molar-refractivity contribution in [2.45, 2.75) is 6.92 Å². The summed E-state index contributed by atoms with van der Waals surface area (Å²) >= 11 is 0. The number of ketones is 1. The fraction of sp³-hybridized carbons (Fsp3) is 0.0833. The van der Waals surface area contributed by atoms with E-state index < -0.39 is 11.8 Å². The number of nitrogens with zero attached hydrogens (tertiary/aromatic N) is 1. The SMILES string of the molecule is CC(=O)c1ccccc1N1C(=O)C=CC1=O. The number of amides is 2. The maximum atomic E-state index is 11.5. The van der Waals surface area contributed by atoms with Crippen LogP contribution >= 0.6 is 0 Å². The fourth-order valence-corrected chi connectivity index (χ4v) is 1.60. The van der Waals surface area contributed by atoms with Gasteiger partial charge in [0.05, 0.1) is 5.69 Å². The van der Waals surface area contributed by atoms with Gasteiger partial charge in [-0.25, -0.2) is 4.90 Å². The number of carbonyl (C=O) groups excluding carboxylic acids is 3. The molecule has 0 bridgehead atoms. The second-order valence-corrected chi connectivity index (χ2v) is 3.42. The van der Waals surface area contributed by atoms with Gasteiger partial charge in [-0.1, -0.05) is 12.1 Å². The molecule has 4 nitrogen and oxygen atoms in total. The monoisotopic (exact) mass is 215 g/mol. The van der Waals surface area contributed by atoms with Crippen molar-refractivity contribution >= 4 is 23.3 Å². The first kappa shape index (κ1) is 10.3. The van der Waals surface area contributed by atoms with Crippen molar-refractivity contribution in [1.82, 2.24) is 0 Å². The Kier molecular flexibility index (Phi) is 2.40. The summed E-state index contributed by atoms with van der Waals surface area (Å²) in [5.41, 5.74) is 0.711. The van der Waals surface area contributed by atoms with E-state index in [-0.39, 0.29) is 5.78 Å². The summed E-state index contributed by atoms with van der Waals surface area (Å²) < 4.78 is 0. The van der Waals surface area contributed by atoms with Crippen molar-refractivity contribution < 1.29 is 14.4 Å². The summed E-state index contributed by atoms with van der Waals surface area (Å²) in [5.74, 6) is -1.01. The average Bonchev–Trinajstić information content (AvgIpc) is 2.58. The first-order valence-corrected chi connectivity index (χ1v) is 4.77. The average molecular weight is 215 g/mol. The Hall–Kier alpha value is -2.23. The Balaban J connectivity index is 2.52. The Morgan fingerprint density at radius 2 is 1.62 bits per heavy atom. The van der Waals surface area contributed by atoms with Crippen LogP contribution in [0.15, 0.2) is 36.4 Å². The molecule has 0 atom stereocenters. The predicted octanol–water partition coefficient (Wildman–Crippen LogP) is 1.32. The number of hydrogen-bond acceptors (Lipinski definition) is 3. The standard InChI is InChI=1S/C12H9NO3/c1-8(14)9-4-2-3-5-10(9)13-11(15)6-7-12(13)16/h2-7H,1H3. The quantitative estimate of drug-likeness (QED) is 0.552. The molecule has 1 heterocycles. The highest BCUT2D eigenvalue weighted by Gasteiger charge is 2.27. The van der Waals surface area contributed by atoms with Crippen molar-refractivity contribution in [3.63, 3.8) is 0 Å². The molecule has 0 saturated carbocycles. The second kappa shape index (κ2) is 3.73. The first-order chi connectivity index (χ1) is 7.61. The molecule has 0 radical (unpaired) electrons. The normalized spacial score (nSPS) is 14.7. The molecule has 0 spiro atoms. The lowest BCUT2D eigenvalue weighted by molar-refractivity contribution is -0.119. The largest absolute Gasteiger partial charge is 0.294 e. The number of carbonyl (C=O) groups is 3. The van der Waals surface area contributed by atoms with Crippen LogP contribution in [0.3, 0.4) is 0 Å². The van der Waals surface area contributed by atoms with Gasteiger partial charge in [0.15, 0.2) is 5.78 Å². The molecule has 0 N–H and O–H groups in total. The smallest absolute Gasteiger partial charge is 0.258 e. The zero-order valence-electron chi connectivity index (χ0n) is 8.64. The lowest BCUT2D eigenvalue weighted by Crippen LogP contribution is -2.30. The Morgan fingerprint density at radius 1 is 1.06 bits per heavy atom. The maximum Gasteiger partial charge on any atom is 0.258 e. The van der Waals surface area contributed by atoms with E-state index in [2.05, 4.69) is 0 Å². The van der Waals surface area contributed by atoms with E-state index in [0.29, 0.717) is 11.3 Å². The molecule has 0 aliphatic carbocycles. The maximum absolute atomic E-state index is 11.5. The van der Waals surface area contributed by atoms with Crippen LogP contribution in [0.25, 0.3) is 0 Å². The molecule has 1 aliphatic heterocycles. The van der Waals surface area contributed by atoms with Crippen LogP contribution in [0, 0.1) is 0 Å². The zero-order chi connectivity index (χ0) is 11.7. The topological polar surface area (TPSA) is 54.5 Å². The van der Waals surface area contributed by atoms with Crippen LogP contribution in [0.5, 0.6) is 0 Å². The lowest BCUT2D eigenvalue weighted by Gasteiger charge is -2.16. The molecule has 80 valence electrons. The number of hydrogen-bond donors (Lipinski definition) is 0. The van der Waals surface area contributed by atoms with Crippen molar-refractivity contribution in [3.8, 4) is 0 Å². The van der Waals surface area contributed by atoms with Gasteiger partial charge in [0.1, 0.15) is 0 Å². The van der Waals surface area contributed by atoms with E-state index in [4.69, 9.17) is 0 Å². The third kappa shape index (κ3) is 1.54. The molecule has 16 heavy (non-hydrogen) atoms. The van der Waals surface area contributed by atoms with Crippen LogP contribution in [0.2, 0.25) is 0 Å². The highest BCUT2D eigenvalue weighted by Crippen LogP contribution is 2.23. The van der Waals surface area contributed by atoms with Crippen LogP contribution in [0.4, 0.5) is 5.69 Å². The van der Waals surface area contributed by atoms with Gasteiger partial charge in [0.2, 0.25) is 0 Å². The number of para-hydroxylation sites is 1. The van der Waals surface area contributed by atoms with Gasteiger partial charge in [-0.05, 0) is 19.1 Å². The summed E-state index contributed by atoms with van der Waals surface area (Å²) in [6, 6.07) is 6.55. The molecule has 1 aliphatic rings. The zero-order valence-corrected chi connectivity index (χ0v) is 8.64. The Bertz CT molecular complexity index is 499. The predicted molar refractivity (Wildman–Crippen MR) is 58.1 cm³/mol. The molecule has 1 aromatic carbocycles. The van der Waals surface area contributed by atoms with Crippen molar-refractivity contribution in [1.29, 1.82) is 0 Å². The summed E-state index contributed by atoms with van der Waals surface area (Å²) in [5, 5.41) is 0. The minimum absolute atomic E-state index is 0.178. The van der Waals surface area contributed by atoms with E-state index in [1.54, 1.807) is 24.3 Å². The van der Waals surface area contributed by atoms with Gasteiger partial charge in [-0.2, -0.15) is 0 Å². The second-order valence-electron chi connectivity index (χ2n) is 3.42. The number of Topliss-reactive ketones (excluding diaryl/α,β-unsaturated/α-hetero) is 1. The van der Waals surface area contributed by atoms with E-state index in [1.807, 2.05) is 0 Å². The van der Waals surface area contributed by atoms with Crippen LogP contribution in [-0.4, -0.2) is 17.6 Å². The van der Waals surface area contributed by atoms with E-state index in [9.17, 15) is 14.4 Å². The van der Waals surface area contributed by atoms with Gasteiger partial charge < -0.3 is 0 Å². The summed E-state index contributed by atoms with van der Waals surface area (Å²) in [4.78, 5) is 35.3. The van der Waals surface area contributed by atoms with Gasteiger partial charge in [-0.3, -0.25) is 14.4 Å². The van der Waals surface area contributed by atoms with Gasteiger partial charge >= 0.3 is 0 Å². The van der Waals surface area contributed by atoms with Crippen LogP contribution < -0.4 is 4.90 Å². The molecule has 2 amide bonds. The van der Waals surface area contributed by atoms with E-state index in [1.165, 1.54) is 19.1 Å². The van der Waals surface area contributed by atoms with Crippen molar-refractivity contribution in [2.24, 2.45) is 0 Å². The third-order valence-electron chi connectivity index (χ3n) is 2.33. The molecule has 0 saturated heterocycles. The van der Waals surface area contributed by atoms with E-state index in [0.717, 1.165) is 4.90 Å². The Labute approximate surface area is 92.2 Å². The fourth-order valence-electron chi connectivity index (χ4n) is 1.60. The molecule has 4 heteroatoms. The minimum atomic E-state index is -0.418. The number of rotatable bonds is 2. The number of imide groups is 1. The molecular weight excluding hydrogens is 206 g/mol. The minimum Gasteiger partial charge on any atom is -0.294 e. The van der Waals surface area contributed by atoms with Crippen molar-refractivity contribution in [3.05, 3.63) is 42.0 Å². The number of anilines is 1. The molecule has 0 unspecified atom stereocenters. The summed E-state index contributed by atoms with van der Waals surface area (Å²) in [6.45, 7) is 1.40. The highest BCUT2D eigenvalue weighted by molar-refractivity contribution is 6.29. The van der Waals surface area contributed by atoms with Gasteiger partial charge in [-0.15, -0.1) is 0 Å². The lowest BCUT2D eigenvalue weighted by atomic mass is 10.1. The molecular formula is C12H9NO3. The molecule has 0 fully saturated rings. The molecule has 2 rings (SSSR count). The molecule has 1 aromatic rings. The van der Waals surface area contributed by atoms with Crippen LogP contribution in [0.1, 0.15) is 17.3 Å². The van der Waals surface area contributed by atoms with Gasteiger partial charge in [0, 0.05) is 17.7 Å². The van der Waals surface area contributed by atoms with Crippen LogP contribution in [-0.2, 0) is 9.59 Å². The Morgan fingerprint density at radius 3 is 2.19 bits per heavy atom. The van der Waals surface area contributed by atoms with Crippen molar-refractivity contribution in [2.75, 3.05) is 4.90 Å². The molecule has 0 aromatic heterocycles. The number of benzene rings is 1. The summed E-state index contributed by atoms with van der Waals surface area (Å²) in [6.07, 6.45) is 2.39. The van der Waals surface area contributed by atoms with Gasteiger partial charge in [0.25, 0.3) is 11.8 Å². The highest BCUT2D eigenvalue weighted by atomic mass is 16.2. The first-order valence-electron chi connectivity index (χ1n) is 4.77. The third-order valence-corrected chi connectivity index (χ3v) is 2.33.